The molecule has 0 radical (unpaired) electrons. The molecule has 0 amide bonds. The second-order valence-electron chi connectivity index (χ2n) is 6.97. The van der Waals surface area contributed by atoms with Crippen LogP contribution in [0.4, 0.5) is 0 Å². The average molecular weight is 370 g/mol. The summed E-state index contributed by atoms with van der Waals surface area (Å²) in [5.74, 6) is 0.784. The van der Waals surface area contributed by atoms with E-state index in [2.05, 4.69) is 20.7 Å². The Bertz CT molecular complexity index is 690. The molecular formula is C21H31N5O. The molecule has 1 fully saturated rings. The highest BCUT2D eigenvalue weighted by Crippen LogP contribution is 2.19. The molecule has 3 rings (SSSR count). The van der Waals surface area contributed by atoms with Gasteiger partial charge < -0.3 is 15.4 Å². The Morgan fingerprint density at radius 2 is 1.93 bits per heavy atom. The summed E-state index contributed by atoms with van der Waals surface area (Å²) in [6.07, 6.45) is 12.1. The number of guanidine groups is 1. The largest absolute Gasteiger partial charge is 0.376 e. The van der Waals surface area contributed by atoms with Gasteiger partial charge >= 0.3 is 0 Å². The Morgan fingerprint density at radius 3 is 2.67 bits per heavy atom. The maximum atomic E-state index is 6.01. The molecule has 146 valence electrons. The molecule has 27 heavy (non-hydrogen) atoms. The lowest BCUT2D eigenvalue weighted by atomic mass is 10.1. The molecule has 0 aliphatic heterocycles. The second kappa shape index (κ2) is 10.7. The Kier molecular flexibility index (Phi) is 7.71. The molecule has 1 heterocycles. The number of para-hydroxylation sites is 1. The molecule has 6 heteroatoms. The minimum absolute atomic E-state index is 0.438. The molecule has 0 atom stereocenters. The van der Waals surface area contributed by atoms with E-state index in [-0.39, 0.29) is 0 Å². The van der Waals surface area contributed by atoms with Crippen LogP contribution in [0.1, 0.15) is 44.1 Å². The van der Waals surface area contributed by atoms with Gasteiger partial charge in [0.2, 0.25) is 0 Å². The van der Waals surface area contributed by atoms with Gasteiger partial charge in [0.25, 0.3) is 0 Å². The number of rotatable bonds is 7. The third-order valence-electron chi connectivity index (χ3n) is 4.89. The van der Waals surface area contributed by atoms with E-state index in [1.807, 2.05) is 47.4 Å². The molecule has 1 aliphatic rings. The van der Waals surface area contributed by atoms with Crippen LogP contribution >= 0.6 is 0 Å². The van der Waals surface area contributed by atoms with E-state index >= 15 is 0 Å². The van der Waals surface area contributed by atoms with Crippen molar-refractivity contribution in [3.63, 3.8) is 0 Å². The first kappa shape index (κ1) is 19.4. The van der Waals surface area contributed by atoms with Crippen molar-refractivity contribution in [2.45, 2.75) is 51.2 Å². The smallest absolute Gasteiger partial charge is 0.191 e. The summed E-state index contributed by atoms with van der Waals surface area (Å²) in [6, 6.07) is 10.1. The Hall–Kier alpha value is -2.34. The van der Waals surface area contributed by atoms with Gasteiger partial charge in [0.05, 0.1) is 24.6 Å². The van der Waals surface area contributed by atoms with Gasteiger partial charge in [-0.05, 0) is 25.0 Å². The Labute approximate surface area is 162 Å². The van der Waals surface area contributed by atoms with Crippen molar-refractivity contribution in [2.75, 3.05) is 20.2 Å². The van der Waals surface area contributed by atoms with Gasteiger partial charge in [-0.2, -0.15) is 5.10 Å². The van der Waals surface area contributed by atoms with Gasteiger partial charge in [-0.15, -0.1) is 0 Å². The summed E-state index contributed by atoms with van der Waals surface area (Å²) in [5, 5.41) is 11.1. The van der Waals surface area contributed by atoms with Gasteiger partial charge in [-0.3, -0.25) is 4.99 Å². The number of aromatic nitrogens is 2. The van der Waals surface area contributed by atoms with E-state index in [0.29, 0.717) is 12.6 Å². The first-order chi connectivity index (χ1) is 13.3. The topological polar surface area (TPSA) is 63.5 Å². The van der Waals surface area contributed by atoms with Crippen LogP contribution in [0.5, 0.6) is 0 Å². The molecule has 0 unspecified atom stereocenters. The molecule has 2 aromatic rings. The fraction of sp³-hybridized carbons (Fsp3) is 0.524. The van der Waals surface area contributed by atoms with Gasteiger partial charge in [0, 0.05) is 31.9 Å². The zero-order chi connectivity index (χ0) is 18.7. The molecule has 1 aromatic heterocycles. The number of benzene rings is 1. The van der Waals surface area contributed by atoms with Gasteiger partial charge in [-0.1, -0.05) is 43.9 Å². The highest BCUT2D eigenvalue weighted by Gasteiger charge is 2.12. The van der Waals surface area contributed by atoms with Gasteiger partial charge in [-0.25, -0.2) is 4.68 Å². The molecule has 1 aromatic carbocycles. The molecule has 0 saturated heterocycles. The number of nitrogens with one attached hydrogen (secondary N) is 2. The second-order valence-corrected chi connectivity index (χ2v) is 6.97. The van der Waals surface area contributed by atoms with Crippen molar-refractivity contribution in [2.24, 2.45) is 4.99 Å². The van der Waals surface area contributed by atoms with Crippen molar-refractivity contribution < 1.29 is 4.74 Å². The number of ether oxygens (including phenoxy) is 1. The molecule has 0 bridgehead atoms. The van der Waals surface area contributed by atoms with Crippen LogP contribution in [0.3, 0.4) is 0 Å². The van der Waals surface area contributed by atoms with E-state index in [1.165, 1.54) is 38.5 Å². The van der Waals surface area contributed by atoms with Crippen LogP contribution in [-0.2, 0) is 11.3 Å². The van der Waals surface area contributed by atoms with E-state index in [9.17, 15) is 0 Å². The fourth-order valence-corrected chi connectivity index (χ4v) is 3.38. The average Bonchev–Trinajstić information content (AvgIpc) is 3.04. The molecule has 1 saturated carbocycles. The minimum Gasteiger partial charge on any atom is -0.376 e. The normalized spacial score (nSPS) is 16.1. The highest BCUT2D eigenvalue weighted by atomic mass is 16.5. The van der Waals surface area contributed by atoms with Crippen molar-refractivity contribution in [1.29, 1.82) is 0 Å². The van der Waals surface area contributed by atoms with Crippen molar-refractivity contribution in [3.8, 4) is 5.69 Å². The summed E-state index contributed by atoms with van der Waals surface area (Å²) >= 11 is 0. The summed E-state index contributed by atoms with van der Waals surface area (Å²) in [6.45, 7) is 2.16. The Morgan fingerprint density at radius 1 is 1.15 bits per heavy atom. The predicted octanol–water partition coefficient (Wildman–Crippen LogP) is 3.28. The fourth-order valence-electron chi connectivity index (χ4n) is 3.38. The molecule has 2 N–H and O–H groups in total. The number of nitrogens with zero attached hydrogens (tertiary/aromatic N) is 3. The molecule has 0 spiro atoms. The summed E-state index contributed by atoms with van der Waals surface area (Å²) in [5.41, 5.74) is 2.17. The lowest BCUT2D eigenvalue weighted by molar-refractivity contribution is 0.0468. The number of aliphatic imine (C=N–C) groups is 1. The lowest BCUT2D eigenvalue weighted by Gasteiger charge is -2.16. The third kappa shape index (κ3) is 6.40. The van der Waals surface area contributed by atoms with Crippen LogP contribution in [0.2, 0.25) is 0 Å². The Balaban J connectivity index is 1.37. The van der Waals surface area contributed by atoms with Crippen molar-refractivity contribution >= 4 is 5.96 Å². The van der Waals surface area contributed by atoms with E-state index in [4.69, 9.17) is 4.74 Å². The zero-order valence-corrected chi connectivity index (χ0v) is 16.2. The van der Waals surface area contributed by atoms with Crippen LogP contribution in [-0.4, -0.2) is 42.0 Å². The maximum absolute atomic E-state index is 6.01. The molecule has 6 nitrogen and oxygen atoms in total. The van der Waals surface area contributed by atoms with Crippen LogP contribution < -0.4 is 10.6 Å². The minimum atomic E-state index is 0.438. The predicted molar refractivity (Wildman–Crippen MR) is 109 cm³/mol. The summed E-state index contributed by atoms with van der Waals surface area (Å²) < 4.78 is 7.90. The van der Waals surface area contributed by atoms with E-state index < -0.39 is 0 Å². The van der Waals surface area contributed by atoms with E-state index in [1.54, 1.807) is 7.05 Å². The van der Waals surface area contributed by atoms with Crippen molar-refractivity contribution in [3.05, 3.63) is 48.3 Å². The van der Waals surface area contributed by atoms with Gasteiger partial charge in [0.1, 0.15) is 0 Å². The van der Waals surface area contributed by atoms with Crippen LogP contribution in [0, 0.1) is 0 Å². The van der Waals surface area contributed by atoms with E-state index in [0.717, 1.165) is 30.4 Å². The summed E-state index contributed by atoms with van der Waals surface area (Å²) in [4.78, 5) is 4.28. The SMILES string of the molecule is CN=C(NCCOC1CCCCCC1)NCc1cnn(-c2ccccc2)c1. The standard InChI is InChI=1S/C21H31N5O/c1-22-21(23-13-14-27-20-11-7-2-3-8-12-20)24-15-18-16-25-26(17-18)19-9-5-4-6-10-19/h4-6,9-10,16-17,20H,2-3,7-8,11-15H2,1H3,(H2,22,23,24). The lowest BCUT2D eigenvalue weighted by Crippen LogP contribution is -2.38. The molecular weight excluding hydrogens is 338 g/mol. The number of hydrogen-bond donors (Lipinski definition) is 2. The number of hydrogen-bond acceptors (Lipinski definition) is 3. The zero-order valence-electron chi connectivity index (χ0n) is 16.2. The van der Waals surface area contributed by atoms with Crippen molar-refractivity contribution in [1.82, 2.24) is 20.4 Å². The summed E-state index contributed by atoms with van der Waals surface area (Å²) in [7, 11) is 1.79. The quantitative estimate of drug-likeness (QED) is 0.340. The molecule has 1 aliphatic carbocycles. The van der Waals surface area contributed by atoms with Gasteiger partial charge in [0.15, 0.2) is 5.96 Å². The first-order valence-corrected chi connectivity index (χ1v) is 10.0. The maximum Gasteiger partial charge on any atom is 0.191 e. The van der Waals surface area contributed by atoms with Crippen LogP contribution in [0.25, 0.3) is 5.69 Å². The van der Waals surface area contributed by atoms with Crippen LogP contribution in [0.15, 0.2) is 47.7 Å². The highest BCUT2D eigenvalue weighted by molar-refractivity contribution is 5.79. The third-order valence-corrected chi connectivity index (χ3v) is 4.89. The first-order valence-electron chi connectivity index (χ1n) is 10.0. The monoisotopic (exact) mass is 369 g/mol.